The number of rotatable bonds is 7. The van der Waals surface area contributed by atoms with Gasteiger partial charge in [-0.15, -0.1) is 0 Å². The summed E-state index contributed by atoms with van der Waals surface area (Å²) < 4.78 is 16.2. The lowest BCUT2D eigenvalue weighted by atomic mass is 9.94. The minimum atomic E-state index is -0.902. The molecule has 0 saturated heterocycles. The van der Waals surface area contributed by atoms with E-state index in [4.69, 9.17) is 14.2 Å². The fraction of sp³-hybridized carbons (Fsp3) is 0.550. The van der Waals surface area contributed by atoms with Gasteiger partial charge in [0.15, 0.2) is 5.78 Å². The molecule has 1 amide bonds. The van der Waals surface area contributed by atoms with Gasteiger partial charge in [-0.05, 0) is 61.1 Å². The van der Waals surface area contributed by atoms with Crippen molar-refractivity contribution in [2.45, 2.75) is 45.8 Å². The fourth-order valence-corrected chi connectivity index (χ4v) is 3.38. The lowest BCUT2D eigenvalue weighted by molar-refractivity contribution is -0.147. The Balaban J connectivity index is 3.26. The van der Waals surface area contributed by atoms with Crippen molar-refractivity contribution in [3.05, 3.63) is 27.3 Å². The van der Waals surface area contributed by atoms with Gasteiger partial charge in [0.1, 0.15) is 17.4 Å². The Hall–Kier alpha value is -1.84. The van der Waals surface area contributed by atoms with Crippen molar-refractivity contribution >= 4 is 40.4 Å². The number of carbonyl (C=O) groups is 3. The van der Waals surface area contributed by atoms with Gasteiger partial charge in [-0.1, -0.05) is 13.0 Å². The molecular weight excluding hydrogens is 477 g/mol. The fourth-order valence-electron chi connectivity index (χ4n) is 2.62. The Bertz CT molecular complexity index is 728. The molecule has 0 aromatic heterocycles. The van der Waals surface area contributed by atoms with Crippen LogP contribution in [0.2, 0.25) is 0 Å². The lowest BCUT2D eigenvalue weighted by Gasteiger charge is -2.31. The van der Waals surface area contributed by atoms with Gasteiger partial charge in [0, 0.05) is 13.5 Å². The number of likely N-dealkylation sites (N-methyl/N-ethyl adjacent to an activating group) is 1. The molecule has 0 aliphatic heterocycles. The minimum absolute atomic E-state index is 0.0624. The van der Waals surface area contributed by atoms with E-state index in [-0.39, 0.29) is 12.2 Å². The molecule has 0 spiro atoms. The first-order valence-corrected chi connectivity index (χ1v) is 9.89. The molecule has 0 aliphatic rings. The van der Waals surface area contributed by atoms with E-state index in [1.807, 2.05) is 0 Å². The van der Waals surface area contributed by atoms with Crippen LogP contribution in [0.4, 0.5) is 4.79 Å². The topological polar surface area (TPSA) is 82.1 Å². The number of hydrogen-bond donors (Lipinski definition) is 0. The van der Waals surface area contributed by atoms with Gasteiger partial charge in [0.25, 0.3) is 0 Å². The molecule has 28 heavy (non-hydrogen) atoms. The number of benzene rings is 1. The predicted octanol–water partition coefficient (Wildman–Crippen LogP) is 3.98. The van der Waals surface area contributed by atoms with E-state index in [0.29, 0.717) is 11.3 Å². The van der Waals surface area contributed by atoms with Gasteiger partial charge in [-0.25, -0.2) is 4.79 Å². The minimum Gasteiger partial charge on any atom is -0.496 e. The standard InChI is InChI=1S/C20H28INO6/c1-12(18(24)27-7)10-15(23)17(22(5)19(25)28-20(2,3)4)13-8-9-16(26-6)14(21)11-13/h8-9,11-12,17H,10H2,1-7H3/t12-,17+/m1/s1. The van der Waals surface area contributed by atoms with Gasteiger partial charge in [0.2, 0.25) is 0 Å². The van der Waals surface area contributed by atoms with E-state index in [1.54, 1.807) is 53.0 Å². The van der Waals surface area contributed by atoms with E-state index in [0.717, 1.165) is 3.57 Å². The average molecular weight is 505 g/mol. The van der Waals surface area contributed by atoms with Crippen LogP contribution in [-0.4, -0.2) is 49.6 Å². The Morgan fingerprint density at radius 1 is 1.18 bits per heavy atom. The molecule has 8 heteroatoms. The highest BCUT2D eigenvalue weighted by atomic mass is 127. The average Bonchev–Trinajstić information content (AvgIpc) is 2.59. The number of methoxy groups -OCH3 is 2. The number of ether oxygens (including phenoxy) is 3. The smallest absolute Gasteiger partial charge is 0.410 e. The summed E-state index contributed by atoms with van der Waals surface area (Å²) in [5, 5.41) is 0. The summed E-state index contributed by atoms with van der Waals surface area (Å²) >= 11 is 2.10. The number of Topliss-reactive ketones (excluding diaryl/α,β-unsaturated/α-hetero) is 1. The van der Waals surface area contributed by atoms with Crippen molar-refractivity contribution in [2.24, 2.45) is 5.92 Å². The first-order valence-electron chi connectivity index (χ1n) is 8.81. The first-order chi connectivity index (χ1) is 12.9. The van der Waals surface area contributed by atoms with Gasteiger partial charge in [-0.3, -0.25) is 14.5 Å². The molecule has 2 atom stereocenters. The first kappa shape index (κ1) is 24.2. The molecule has 0 aliphatic carbocycles. The maximum absolute atomic E-state index is 13.1. The highest BCUT2D eigenvalue weighted by Crippen LogP contribution is 2.30. The molecule has 0 bridgehead atoms. The maximum atomic E-state index is 13.1. The zero-order valence-corrected chi connectivity index (χ0v) is 19.5. The van der Waals surface area contributed by atoms with Crippen molar-refractivity contribution in [3.63, 3.8) is 0 Å². The molecule has 0 heterocycles. The summed E-state index contributed by atoms with van der Waals surface area (Å²) in [5.41, 5.74) is -0.0901. The van der Waals surface area contributed by atoms with E-state index in [1.165, 1.54) is 19.1 Å². The third kappa shape index (κ3) is 6.65. The molecule has 1 aromatic carbocycles. The SMILES string of the molecule is COC(=O)[C@H](C)CC(=O)[C@H](c1ccc(OC)c(I)c1)N(C)C(=O)OC(C)(C)C. The monoisotopic (exact) mass is 505 g/mol. The van der Waals surface area contributed by atoms with Crippen LogP contribution in [0.1, 0.15) is 45.7 Å². The largest absolute Gasteiger partial charge is 0.496 e. The van der Waals surface area contributed by atoms with Crippen LogP contribution in [-0.2, 0) is 19.1 Å². The van der Waals surface area contributed by atoms with Crippen molar-refractivity contribution in [1.29, 1.82) is 0 Å². The summed E-state index contributed by atoms with van der Waals surface area (Å²) in [6.07, 6.45) is -0.685. The Kier molecular flexibility index (Phi) is 8.72. The highest BCUT2D eigenvalue weighted by molar-refractivity contribution is 14.1. The molecule has 0 radical (unpaired) electrons. The van der Waals surface area contributed by atoms with Crippen LogP contribution in [0.5, 0.6) is 5.75 Å². The summed E-state index contributed by atoms with van der Waals surface area (Å²) in [6, 6.07) is 4.35. The maximum Gasteiger partial charge on any atom is 0.410 e. The number of halogens is 1. The molecular formula is C20H28INO6. The molecule has 0 fully saturated rings. The second kappa shape index (κ2) is 10.1. The number of nitrogens with zero attached hydrogens (tertiary/aromatic N) is 1. The molecule has 1 rings (SSSR count). The molecule has 7 nitrogen and oxygen atoms in total. The van der Waals surface area contributed by atoms with E-state index >= 15 is 0 Å². The van der Waals surface area contributed by atoms with Crippen molar-refractivity contribution in [2.75, 3.05) is 21.3 Å². The zero-order valence-electron chi connectivity index (χ0n) is 17.4. The van der Waals surface area contributed by atoms with Crippen LogP contribution in [0, 0.1) is 9.49 Å². The summed E-state index contributed by atoms with van der Waals surface area (Å²) in [6.45, 7) is 6.88. The van der Waals surface area contributed by atoms with Crippen molar-refractivity contribution in [1.82, 2.24) is 4.90 Å². The van der Waals surface area contributed by atoms with Crippen LogP contribution >= 0.6 is 22.6 Å². The molecule has 0 unspecified atom stereocenters. The van der Waals surface area contributed by atoms with Crippen molar-refractivity contribution < 1.29 is 28.6 Å². The van der Waals surface area contributed by atoms with Crippen LogP contribution < -0.4 is 4.74 Å². The number of amides is 1. The van der Waals surface area contributed by atoms with E-state index in [2.05, 4.69) is 22.6 Å². The zero-order chi connectivity index (χ0) is 21.6. The lowest BCUT2D eigenvalue weighted by Crippen LogP contribution is -2.40. The van der Waals surface area contributed by atoms with Crippen molar-refractivity contribution in [3.8, 4) is 5.75 Å². The highest BCUT2D eigenvalue weighted by Gasteiger charge is 2.33. The van der Waals surface area contributed by atoms with E-state index < -0.39 is 29.6 Å². The number of hydrogen-bond acceptors (Lipinski definition) is 6. The summed E-state index contributed by atoms with van der Waals surface area (Å²) in [7, 11) is 4.35. The summed E-state index contributed by atoms with van der Waals surface area (Å²) in [4.78, 5) is 38.7. The predicted molar refractivity (Wildman–Crippen MR) is 113 cm³/mol. The van der Waals surface area contributed by atoms with Gasteiger partial charge >= 0.3 is 12.1 Å². The van der Waals surface area contributed by atoms with Gasteiger partial charge < -0.3 is 14.2 Å². The molecule has 0 N–H and O–H groups in total. The third-order valence-corrected chi connectivity index (χ3v) is 4.82. The molecule has 156 valence electrons. The number of ketones is 1. The van der Waals surface area contributed by atoms with Crippen LogP contribution in [0.15, 0.2) is 18.2 Å². The Labute approximate surface area is 179 Å². The Morgan fingerprint density at radius 2 is 1.79 bits per heavy atom. The van der Waals surface area contributed by atoms with Gasteiger partial charge in [-0.2, -0.15) is 0 Å². The molecule has 1 aromatic rings. The van der Waals surface area contributed by atoms with Crippen LogP contribution in [0.3, 0.4) is 0 Å². The van der Waals surface area contributed by atoms with Crippen LogP contribution in [0.25, 0.3) is 0 Å². The molecule has 0 saturated carbocycles. The Morgan fingerprint density at radius 3 is 2.25 bits per heavy atom. The normalized spacial score (nSPS) is 13.3. The summed E-state index contributed by atoms with van der Waals surface area (Å²) in [5.74, 6) is -0.716. The number of carbonyl (C=O) groups excluding carboxylic acids is 3. The second-order valence-corrected chi connectivity index (χ2v) is 8.64. The second-order valence-electron chi connectivity index (χ2n) is 7.48. The number of esters is 1. The van der Waals surface area contributed by atoms with Gasteiger partial charge in [0.05, 0.1) is 23.7 Å². The van der Waals surface area contributed by atoms with E-state index in [9.17, 15) is 14.4 Å². The third-order valence-electron chi connectivity index (χ3n) is 3.98. The quantitative estimate of drug-likeness (QED) is 0.412.